The topological polar surface area (TPSA) is 67.3 Å². The molecule has 0 aliphatic carbocycles. The lowest BCUT2D eigenvalue weighted by Crippen LogP contribution is -2.26. The largest absolute Gasteiger partial charge is 0.268 e. The molecule has 30 heavy (non-hydrogen) atoms. The number of carbonyl (C=O) groups is 1. The molecule has 1 amide bonds. The Balaban J connectivity index is 1.78. The second-order valence-corrected chi connectivity index (χ2v) is 10.3. The van der Waals surface area contributed by atoms with Gasteiger partial charge in [-0.3, -0.25) is 9.69 Å². The molecule has 0 fully saturated rings. The number of aryl methyl sites for hydroxylation is 1. The zero-order chi connectivity index (χ0) is 21.3. The molecule has 1 heterocycles. The van der Waals surface area contributed by atoms with Crippen LogP contribution in [-0.2, 0) is 15.6 Å². The van der Waals surface area contributed by atoms with Crippen molar-refractivity contribution >= 4 is 48.1 Å². The van der Waals surface area contributed by atoms with Gasteiger partial charge in [-0.25, -0.2) is 13.4 Å². The summed E-state index contributed by atoms with van der Waals surface area (Å²) in [6.45, 7) is 1.96. The van der Waals surface area contributed by atoms with E-state index in [0.717, 1.165) is 21.5 Å². The van der Waals surface area contributed by atoms with Crippen LogP contribution in [0.3, 0.4) is 0 Å². The lowest BCUT2D eigenvalue weighted by molar-refractivity contribution is 0.0999. The predicted molar refractivity (Wildman–Crippen MR) is 122 cm³/mol. The van der Waals surface area contributed by atoms with E-state index >= 15 is 0 Å². The van der Waals surface area contributed by atoms with E-state index in [4.69, 9.17) is 0 Å². The highest BCUT2D eigenvalue weighted by Crippen LogP contribution is 2.36. The van der Waals surface area contributed by atoms with E-state index in [1.54, 1.807) is 29.2 Å². The lowest BCUT2D eigenvalue weighted by Gasteiger charge is -2.22. The van der Waals surface area contributed by atoms with Gasteiger partial charge in [0.2, 0.25) is 0 Å². The molecule has 0 N–H and O–H groups in total. The molecule has 3 aromatic carbocycles. The summed E-state index contributed by atoms with van der Waals surface area (Å²) >= 11 is 1.46. The Morgan fingerprint density at radius 1 is 0.967 bits per heavy atom. The number of fused-ring (bicyclic) bond motifs is 1. The molecule has 0 atom stereocenters. The van der Waals surface area contributed by atoms with E-state index in [0.29, 0.717) is 16.3 Å². The zero-order valence-corrected chi connectivity index (χ0v) is 18.2. The quantitative estimate of drug-likeness (QED) is 0.435. The van der Waals surface area contributed by atoms with E-state index in [1.165, 1.54) is 17.6 Å². The highest BCUT2D eigenvalue weighted by atomic mass is 32.2. The molecule has 0 saturated carbocycles. The van der Waals surface area contributed by atoms with Crippen molar-refractivity contribution in [2.75, 3.05) is 11.2 Å². The number of thiazole rings is 1. The van der Waals surface area contributed by atoms with E-state index in [9.17, 15) is 13.2 Å². The van der Waals surface area contributed by atoms with Crippen molar-refractivity contribution in [3.63, 3.8) is 0 Å². The van der Waals surface area contributed by atoms with Crippen molar-refractivity contribution in [2.24, 2.45) is 0 Å². The van der Waals surface area contributed by atoms with Crippen LogP contribution in [0.1, 0.15) is 21.5 Å². The minimum Gasteiger partial charge on any atom is -0.268 e. The van der Waals surface area contributed by atoms with Gasteiger partial charge in [0.15, 0.2) is 15.0 Å². The molecule has 0 radical (unpaired) electrons. The fourth-order valence-corrected chi connectivity index (χ4v) is 5.02. The van der Waals surface area contributed by atoms with Gasteiger partial charge in [-0.15, -0.1) is 0 Å². The van der Waals surface area contributed by atoms with Crippen molar-refractivity contribution < 1.29 is 13.2 Å². The van der Waals surface area contributed by atoms with Gasteiger partial charge in [-0.2, -0.15) is 0 Å². The number of hydrogen-bond donors (Lipinski definition) is 0. The minimum absolute atomic E-state index is 0.0547. The van der Waals surface area contributed by atoms with Gasteiger partial charge in [-0.1, -0.05) is 53.8 Å². The lowest BCUT2D eigenvalue weighted by atomic mass is 10.1. The zero-order valence-electron chi connectivity index (χ0n) is 16.6. The summed E-state index contributed by atoms with van der Waals surface area (Å²) in [5.74, 6) is -0.268. The molecule has 0 saturated heterocycles. The van der Waals surface area contributed by atoms with Crippen molar-refractivity contribution in [3.8, 4) is 0 Å². The Bertz CT molecular complexity index is 1290. The molecule has 152 valence electrons. The third-order valence-corrected chi connectivity index (χ3v) is 6.54. The first kappa shape index (κ1) is 20.3. The van der Waals surface area contributed by atoms with Crippen LogP contribution < -0.4 is 4.90 Å². The van der Waals surface area contributed by atoms with E-state index < -0.39 is 9.84 Å². The number of hydrogen-bond acceptors (Lipinski definition) is 5. The Morgan fingerprint density at radius 2 is 1.63 bits per heavy atom. The molecule has 5 nitrogen and oxygen atoms in total. The Morgan fingerprint density at radius 3 is 2.30 bits per heavy atom. The van der Waals surface area contributed by atoms with Gasteiger partial charge in [0.25, 0.3) is 5.91 Å². The molecule has 1 aromatic heterocycles. The number of amides is 1. The number of nitrogens with zero attached hydrogens (tertiary/aromatic N) is 2. The monoisotopic (exact) mass is 436 g/mol. The Labute approximate surface area is 179 Å². The standard InChI is InChI=1S/C23H20N2O3S2/c1-16-7-3-5-9-20(16)25(23-24-19-8-4-6-10-21(19)29-23)22(26)18-13-11-17(12-14-18)15-30(2,27)28/h3-14H,15H2,1-2H3. The molecule has 4 aromatic rings. The third kappa shape index (κ3) is 4.27. The first-order chi connectivity index (χ1) is 14.3. The fraction of sp³-hybridized carbons (Fsp3) is 0.130. The number of aromatic nitrogens is 1. The molecule has 4 rings (SSSR count). The molecule has 0 aliphatic heterocycles. The van der Waals surface area contributed by atoms with Crippen molar-refractivity contribution in [1.29, 1.82) is 0 Å². The van der Waals surface area contributed by atoms with Gasteiger partial charge in [0.05, 0.1) is 21.7 Å². The first-order valence-electron chi connectivity index (χ1n) is 9.34. The summed E-state index contributed by atoms with van der Waals surface area (Å²) in [6.07, 6.45) is 1.19. The smallest absolute Gasteiger partial charge is 0.264 e. The molecule has 7 heteroatoms. The number of rotatable bonds is 5. The molecule has 0 spiro atoms. The summed E-state index contributed by atoms with van der Waals surface area (Å²) in [6, 6.07) is 22.2. The summed E-state index contributed by atoms with van der Waals surface area (Å²) in [7, 11) is -3.14. The van der Waals surface area contributed by atoms with Gasteiger partial charge in [0.1, 0.15) is 0 Å². The van der Waals surface area contributed by atoms with Crippen molar-refractivity contribution in [2.45, 2.75) is 12.7 Å². The van der Waals surface area contributed by atoms with Crippen LogP contribution in [0, 0.1) is 6.92 Å². The number of carbonyl (C=O) groups excluding carboxylic acids is 1. The third-order valence-electron chi connectivity index (χ3n) is 4.66. The van der Waals surface area contributed by atoms with Crippen molar-refractivity contribution in [1.82, 2.24) is 4.98 Å². The number of sulfone groups is 1. The maximum absolute atomic E-state index is 13.5. The van der Waals surface area contributed by atoms with E-state index in [-0.39, 0.29) is 11.7 Å². The molecular weight excluding hydrogens is 416 g/mol. The molecule has 0 aliphatic rings. The molecule has 0 bridgehead atoms. The average molecular weight is 437 g/mol. The normalized spacial score (nSPS) is 11.5. The van der Waals surface area contributed by atoms with Gasteiger partial charge in [-0.05, 0) is 48.4 Å². The summed E-state index contributed by atoms with van der Waals surface area (Å²) in [5, 5.41) is 0.593. The second-order valence-electron chi connectivity index (χ2n) is 7.16. The second kappa shape index (κ2) is 8.01. The van der Waals surface area contributed by atoms with Crippen LogP contribution in [0.2, 0.25) is 0 Å². The van der Waals surface area contributed by atoms with Gasteiger partial charge >= 0.3 is 0 Å². The van der Waals surface area contributed by atoms with E-state index in [2.05, 4.69) is 4.98 Å². The first-order valence-corrected chi connectivity index (χ1v) is 12.2. The van der Waals surface area contributed by atoms with Crippen LogP contribution in [-0.4, -0.2) is 25.6 Å². The fourth-order valence-electron chi connectivity index (χ4n) is 3.24. The van der Waals surface area contributed by atoms with Crippen LogP contribution in [0.4, 0.5) is 10.8 Å². The summed E-state index contributed by atoms with van der Waals surface area (Å²) in [4.78, 5) is 19.9. The molecule has 0 unspecified atom stereocenters. The van der Waals surface area contributed by atoms with Crippen LogP contribution >= 0.6 is 11.3 Å². The Kier molecular flexibility index (Phi) is 5.40. The number of para-hydroxylation sites is 2. The van der Waals surface area contributed by atoms with Crippen LogP contribution in [0.25, 0.3) is 10.2 Å². The van der Waals surface area contributed by atoms with Crippen molar-refractivity contribution in [3.05, 3.63) is 89.5 Å². The Hall–Kier alpha value is -3.03. The van der Waals surface area contributed by atoms with Gasteiger partial charge in [0, 0.05) is 11.8 Å². The highest BCUT2D eigenvalue weighted by Gasteiger charge is 2.24. The van der Waals surface area contributed by atoms with Crippen LogP contribution in [0.15, 0.2) is 72.8 Å². The van der Waals surface area contributed by atoms with Gasteiger partial charge < -0.3 is 0 Å². The molecular formula is C23H20N2O3S2. The SMILES string of the molecule is Cc1ccccc1N(C(=O)c1ccc(CS(C)(=O)=O)cc1)c1nc2ccccc2s1. The summed E-state index contributed by atoms with van der Waals surface area (Å²) in [5.41, 5.74) is 3.68. The maximum atomic E-state index is 13.5. The predicted octanol–water partition coefficient (Wildman–Crippen LogP) is 5.13. The number of anilines is 2. The summed E-state index contributed by atoms with van der Waals surface area (Å²) < 4.78 is 24.1. The number of benzene rings is 3. The van der Waals surface area contributed by atoms with Crippen LogP contribution in [0.5, 0.6) is 0 Å². The van der Waals surface area contributed by atoms with E-state index in [1.807, 2.05) is 55.5 Å². The maximum Gasteiger partial charge on any atom is 0.264 e. The average Bonchev–Trinajstić information content (AvgIpc) is 3.12. The highest BCUT2D eigenvalue weighted by molar-refractivity contribution is 7.89. The minimum atomic E-state index is -3.14.